The minimum atomic E-state index is -0.676. The lowest BCUT2D eigenvalue weighted by atomic mass is 9.93. The van der Waals surface area contributed by atoms with E-state index in [1.54, 1.807) is 41.7 Å². The number of nitrogens with zero attached hydrogens (tertiary/aromatic N) is 3. The molecular formula is C28H31N3O4. The number of amides is 1. The average molecular weight is 474 g/mol. The van der Waals surface area contributed by atoms with Gasteiger partial charge < -0.3 is 19.3 Å². The van der Waals surface area contributed by atoms with E-state index in [0.717, 1.165) is 11.1 Å². The first-order chi connectivity index (χ1) is 16.9. The number of aliphatic hydroxyl groups is 1. The molecule has 0 aliphatic carbocycles. The van der Waals surface area contributed by atoms with E-state index in [0.29, 0.717) is 43.3 Å². The van der Waals surface area contributed by atoms with E-state index >= 15 is 0 Å². The maximum atomic E-state index is 13.2. The summed E-state index contributed by atoms with van der Waals surface area (Å²) in [6.45, 7) is 7.62. The molecule has 1 aromatic heterocycles. The van der Waals surface area contributed by atoms with Crippen LogP contribution < -0.4 is 4.74 Å². The molecule has 1 aliphatic heterocycles. The Morgan fingerprint density at radius 3 is 2.54 bits per heavy atom. The molecule has 1 N–H and O–H groups in total. The number of hydrogen-bond donors (Lipinski definition) is 1. The third-order valence-corrected chi connectivity index (χ3v) is 6.25. The summed E-state index contributed by atoms with van der Waals surface area (Å²) in [6, 6.07) is 14.2. The van der Waals surface area contributed by atoms with E-state index < -0.39 is 17.7 Å². The second-order valence-electron chi connectivity index (χ2n) is 8.93. The van der Waals surface area contributed by atoms with Crippen molar-refractivity contribution >= 4 is 17.4 Å². The van der Waals surface area contributed by atoms with Crippen LogP contribution in [0.1, 0.15) is 55.8 Å². The standard InChI is InChI=1S/C28H31N3O4/c1-4-35-23-8-5-7-22(17-23)26(32)24-25(21-11-9-20(10-12-21)19(2)3)31(28(34)27(24)33)15-6-14-30-16-13-29-18-30/h5,7-13,16-19,25,32H,4,6,14-15H2,1-3H3. The van der Waals surface area contributed by atoms with Gasteiger partial charge in [0, 0.05) is 31.0 Å². The first kappa shape index (κ1) is 24.3. The zero-order valence-corrected chi connectivity index (χ0v) is 20.3. The Labute approximate surface area is 205 Å². The molecule has 3 aromatic rings. The Hall–Kier alpha value is -3.87. The van der Waals surface area contributed by atoms with Gasteiger partial charge in [-0.25, -0.2) is 4.98 Å². The Morgan fingerprint density at radius 1 is 1.11 bits per heavy atom. The molecule has 1 saturated heterocycles. The van der Waals surface area contributed by atoms with Crippen molar-refractivity contribution in [3.63, 3.8) is 0 Å². The van der Waals surface area contributed by atoms with Gasteiger partial charge in [0.05, 0.1) is 24.5 Å². The van der Waals surface area contributed by atoms with Gasteiger partial charge in [-0.05, 0) is 42.5 Å². The first-order valence-corrected chi connectivity index (χ1v) is 12.0. The second kappa shape index (κ2) is 10.6. The van der Waals surface area contributed by atoms with Crippen LogP contribution in [0.2, 0.25) is 0 Å². The topological polar surface area (TPSA) is 84.7 Å². The molecule has 0 spiro atoms. The average Bonchev–Trinajstić information content (AvgIpc) is 3.46. The van der Waals surface area contributed by atoms with Crippen molar-refractivity contribution in [2.45, 2.75) is 45.7 Å². The normalized spacial score (nSPS) is 17.4. The van der Waals surface area contributed by atoms with Crippen molar-refractivity contribution in [3.05, 3.63) is 89.5 Å². The molecule has 1 amide bonds. The number of hydrogen-bond acceptors (Lipinski definition) is 5. The van der Waals surface area contributed by atoms with Crippen LogP contribution in [0, 0.1) is 0 Å². The number of ether oxygens (including phenoxy) is 1. The highest BCUT2D eigenvalue weighted by Gasteiger charge is 2.45. The van der Waals surface area contributed by atoms with Crippen molar-refractivity contribution in [2.24, 2.45) is 0 Å². The van der Waals surface area contributed by atoms with Gasteiger partial charge in [0.15, 0.2) is 0 Å². The number of imidazole rings is 1. The maximum Gasteiger partial charge on any atom is 0.295 e. The number of aliphatic hydroxyl groups excluding tert-OH is 1. The Kier molecular flexibility index (Phi) is 7.34. The van der Waals surface area contributed by atoms with Gasteiger partial charge >= 0.3 is 0 Å². The largest absolute Gasteiger partial charge is 0.507 e. The third kappa shape index (κ3) is 5.14. The number of Topliss-reactive ketones (excluding diaryl/α,β-unsaturated/α-hetero) is 1. The van der Waals surface area contributed by atoms with Crippen LogP contribution in [0.5, 0.6) is 5.75 Å². The van der Waals surface area contributed by atoms with Gasteiger partial charge in [-0.3, -0.25) is 9.59 Å². The number of aryl methyl sites for hydroxylation is 1. The highest BCUT2D eigenvalue weighted by atomic mass is 16.5. The quantitative estimate of drug-likeness (QED) is 0.271. The maximum absolute atomic E-state index is 13.2. The van der Waals surface area contributed by atoms with E-state index in [4.69, 9.17) is 4.74 Å². The number of likely N-dealkylation sites (tertiary alicyclic amines) is 1. The van der Waals surface area contributed by atoms with Crippen LogP contribution in [-0.4, -0.2) is 44.4 Å². The van der Waals surface area contributed by atoms with Crippen LogP contribution in [0.25, 0.3) is 5.76 Å². The number of benzene rings is 2. The molecule has 7 heteroatoms. The summed E-state index contributed by atoms with van der Waals surface area (Å²) in [5.74, 6) is -0.531. The molecule has 0 saturated carbocycles. The van der Waals surface area contributed by atoms with E-state index in [1.807, 2.05) is 42.0 Å². The summed E-state index contributed by atoms with van der Waals surface area (Å²) in [6.07, 6.45) is 5.94. The van der Waals surface area contributed by atoms with Crippen molar-refractivity contribution in [1.82, 2.24) is 14.5 Å². The fraction of sp³-hybridized carbons (Fsp3) is 0.321. The highest BCUT2D eigenvalue weighted by molar-refractivity contribution is 6.46. The summed E-state index contributed by atoms with van der Waals surface area (Å²) >= 11 is 0. The Morgan fingerprint density at radius 2 is 1.89 bits per heavy atom. The molecule has 35 heavy (non-hydrogen) atoms. The smallest absolute Gasteiger partial charge is 0.295 e. The lowest BCUT2D eigenvalue weighted by Gasteiger charge is -2.26. The van der Waals surface area contributed by atoms with E-state index in [-0.39, 0.29) is 11.3 Å². The van der Waals surface area contributed by atoms with E-state index in [2.05, 4.69) is 18.8 Å². The van der Waals surface area contributed by atoms with Gasteiger partial charge in [-0.1, -0.05) is 50.2 Å². The van der Waals surface area contributed by atoms with Crippen molar-refractivity contribution in [3.8, 4) is 5.75 Å². The Bertz CT molecular complexity index is 1210. The number of ketones is 1. The van der Waals surface area contributed by atoms with Crippen molar-refractivity contribution in [1.29, 1.82) is 0 Å². The molecule has 1 aliphatic rings. The predicted molar refractivity (Wildman–Crippen MR) is 134 cm³/mol. The zero-order valence-electron chi connectivity index (χ0n) is 20.3. The summed E-state index contributed by atoms with van der Waals surface area (Å²) in [5, 5.41) is 11.3. The van der Waals surface area contributed by atoms with Crippen molar-refractivity contribution < 1.29 is 19.4 Å². The van der Waals surface area contributed by atoms with Crippen LogP contribution in [-0.2, 0) is 16.1 Å². The van der Waals surface area contributed by atoms with E-state index in [1.165, 1.54) is 0 Å². The molecule has 1 atom stereocenters. The number of rotatable bonds is 9. The van der Waals surface area contributed by atoms with Gasteiger partial charge in [-0.2, -0.15) is 0 Å². The number of aromatic nitrogens is 2. The molecule has 1 fully saturated rings. The third-order valence-electron chi connectivity index (χ3n) is 6.25. The molecule has 7 nitrogen and oxygen atoms in total. The zero-order chi connectivity index (χ0) is 24.9. The second-order valence-corrected chi connectivity index (χ2v) is 8.93. The minimum absolute atomic E-state index is 0.101. The van der Waals surface area contributed by atoms with Gasteiger partial charge in [-0.15, -0.1) is 0 Å². The highest BCUT2D eigenvalue weighted by Crippen LogP contribution is 2.40. The molecule has 0 radical (unpaired) electrons. The van der Waals surface area contributed by atoms with Crippen LogP contribution in [0.4, 0.5) is 0 Å². The molecule has 4 rings (SSSR count). The van der Waals surface area contributed by atoms with Gasteiger partial charge in [0.25, 0.3) is 11.7 Å². The molecule has 0 bridgehead atoms. The number of carbonyl (C=O) groups is 2. The SMILES string of the molecule is CCOc1cccc(C(O)=C2C(=O)C(=O)N(CCCn3ccnc3)C2c2ccc(C(C)C)cc2)c1. The lowest BCUT2D eigenvalue weighted by molar-refractivity contribution is -0.139. The molecule has 2 heterocycles. The van der Waals surface area contributed by atoms with Crippen LogP contribution in [0.15, 0.2) is 72.8 Å². The monoisotopic (exact) mass is 473 g/mol. The van der Waals surface area contributed by atoms with Crippen molar-refractivity contribution in [2.75, 3.05) is 13.2 Å². The summed E-state index contributed by atoms with van der Waals surface area (Å²) in [4.78, 5) is 32.0. The molecule has 182 valence electrons. The van der Waals surface area contributed by atoms with Crippen LogP contribution in [0.3, 0.4) is 0 Å². The first-order valence-electron chi connectivity index (χ1n) is 12.0. The summed E-state index contributed by atoms with van der Waals surface area (Å²) < 4.78 is 7.49. The van der Waals surface area contributed by atoms with E-state index in [9.17, 15) is 14.7 Å². The van der Waals surface area contributed by atoms with Crippen LogP contribution >= 0.6 is 0 Å². The molecular weight excluding hydrogens is 442 g/mol. The molecule has 1 unspecified atom stereocenters. The van der Waals surface area contributed by atoms with Gasteiger partial charge in [0.2, 0.25) is 0 Å². The summed E-state index contributed by atoms with van der Waals surface area (Å²) in [7, 11) is 0. The number of carbonyl (C=O) groups excluding carboxylic acids is 2. The van der Waals surface area contributed by atoms with Gasteiger partial charge in [0.1, 0.15) is 11.5 Å². The molecule has 2 aromatic carbocycles. The summed E-state index contributed by atoms with van der Waals surface area (Å²) in [5.41, 5.74) is 2.49. The fourth-order valence-electron chi connectivity index (χ4n) is 4.42. The lowest BCUT2D eigenvalue weighted by Crippen LogP contribution is -2.31. The fourth-order valence-corrected chi connectivity index (χ4v) is 4.42. The Balaban J connectivity index is 1.74. The minimum Gasteiger partial charge on any atom is -0.507 e. The predicted octanol–water partition coefficient (Wildman–Crippen LogP) is 4.92.